The van der Waals surface area contributed by atoms with Gasteiger partial charge in [-0.15, -0.1) is 12.4 Å². The lowest BCUT2D eigenvalue weighted by Gasteiger charge is -2.43. The number of nitrogens with two attached hydrogens (primary N) is 1. The van der Waals surface area contributed by atoms with Crippen molar-refractivity contribution in [3.63, 3.8) is 0 Å². The first-order valence-electron chi connectivity index (χ1n) is 8.38. The molecule has 0 saturated heterocycles. The number of carbonyl (C=O) groups excluding carboxylic acids is 1. The number of halogens is 2. The lowest BCUT2D eigenvalue weighted by molar-refractivity contribution is -0.126. The van der Waals surface area contributed by atoms with Crippen LogP contribution >= 0.6 is 12.4 Å². The highest BCUT2D eigenvalue weighted by molar-refractivity contribution is 5.85. The van der Waals surface area contributed by atoms with Gasteiger partial charge in [0.1, 0.15) is 5.82 Å². The molecule has 23 heavy (non-hydrogen) atoms. The third-order valence-corrected chi connectivity index (χ3v) is 5.45. The molecule has 3 rings (SSSR count). The molecule has 2 fully saturated rings. The average molecular weight is 341 g/mol. The summed E-state index contributed by atoms with van der Waals surface area (Å²) in [6, 6.07) is 6.91. The molecule has 1 aromatic rings. The largest absolute Gasteiger partial charge is 0.355 e. The topological polar surface area (TPSA) is 55.1 Å². The zero-order valence-corrected chi connectivity index (χ0v) is 14.2. The number of amides is 1. The van der Waals surface area contributed by atoms with Crippen LogP contribution < -0.4 is 11.1 Å². The van der Waals surface area contributed by atoms with Gasteiger partial charge in [0, 0.05) is 23.9 Å². The SMILES string of the molecule is Cl.NC1CCCC(C(=O)NCC2(c3ccc(F)cc3)CCC2)C1. The van der Waals surface area contributed by atoms with Crippen molar-refractivity contribution in [1.29, 1.82) is 0 Å². The number of carbonyl (C=O) groups is 1. The van der Waals surface area contributed by atoms with Crippen LogP contribution in [0.15, 0.2) is 24.3 Å². The normalized spacial score (nSPS) is 25.8. The van der Waals surface area contributed by atoms with Gasteiger partial charge >= 0.3 is 0 Å². The molecule has 2 aliphatic carbocycles. The molecule has 0 bridgehead atoms. The fraction of sp³-hybridized carbons (Fsp3) is 0.611. The Balaban J connectivity index is 0.00000192. The Morgan fingerprint density at radius 2 is 1.91 bits per heavy atom. The molecule has 0 radical (unpaired) electrons. The lowest BCUT2D eigenvalue weighted by atomic mass is 9.64. The van der Waals surface area contributed by atoms with Crippen molar-refractivity contribution in [2.45, 2.75) is 56.4 Å². The summed E-state index contributed by atoms with van der Waals surface area (Å²) in [6.45, 7) is 0.656. The second kappa shape index (κ2) is 7.63. The maximum absolute atomic E-state index is 13.1. The predicted molar refractivity (Wildman–Crippen MR) is 92.1 cm³/mol. The van der Waals surface area contributed by atoms with E-state index in [2.05, 4.69) is 5.32 Å². The van der Waals surface area contributed by atoms with Gasteiger partial charge < -0.3 is 11.1 Å². The van der Waals surface area contributed by atoms with Gasteiger partial charge in [0.2, 0.25) is 5.91 Å². The van der Waals surface area contributed by atoms with Crippen LogP contribution in [0.25, 0.3) is 0 Å². The molecule has 1 aromatic carbocycles. The number of benzene rings is 1. The Morgan fingerprint density at radius 1 is 1.22 bits per heavy atom. The summed E-state index contributed by atoms with van der Waals surface area (Å²) in [5.74, 6) is -0.00363. The molecule has 128 valence electrons. The first-order chi connectivity index (χ1) is 10.6. The Bertz CT molecular complexity index is 530. The van der Waals surface area contributed by atoms with Gasteiger partial charge in [0.25, 0.3) is 0 Å². The maximum Gasteiger partial charge on any atom is 0.223 e. The van der Waals surface area contributed by atoms with Gasteiger partial charge in [-0.05, 0) is 49.8 Å². The summed E-state index contributed by atoms with van der Waals surface area (Å²) in [5, 5.41) is 3.14. The highest BCUT2D eigenvalue weighted by Crippen LogP contribution is 2.43. The highest BCUT2D eigenvalue weighted by Gasteiger charge is 2.39. The minimum absolute atomic E-state index is 0. The van der Waals surface area contributed by atoms with E-state index in [9.17, 15) is 9.18 Å². The fourth-order valence-electron chi connectivity index (χ4n) is 3.84. The standard InChI is InChI=1S/C18H25FN2O.ClH/c19-15-7-5-14(6-8-15)18(9-2-10-18)12-21-17(22)13-3-1-4-16(20)11-13;/h5-8,13,16H,1-4,9-12,20H2,(H,21,22);1H. The first kappa shape index (κ1) is 18.2. The van der Waals surface area contributed by atoms with Crippen LogP contribution in [0.3, 0.4) is 0 Å². The van der Waals surface area contributed by atoms with E-state index in [1.807, 2.05) is 12.1 Å². The third-order valence-electron chi connectivity index (χ3n) is 5.45. The predicted octanol–water partition coefficient (Wildman–Crippen LogP) is 3.30. The van der Waals surface area contributed by atoms with Crippen molar-refractivity contribution in [1.82, 2.24) is 5.32 Å². The van der Waals surface area contributed by atoms with Crippen molar-refractivity contribution < 1.29 is 9.18 Å². The smallest absolute Gasteiger partial charge is 0.223 e. The quantitative estimate of drug-likeness (QED) is 0.883. The molecular weight excluding hydrogens is 315 g/mol. The van der Waals surface area contributed by atoms with E-state index in [1.165, 1.54) is 18.6 Å². The number of rotatable bonds is 4. The van der Waals surface area contributed by atoms with Crippen LogP contribution in [0.5, 0.6) is 0 Å². The molecule has 0 aliphatic heterocycles. The van der Waals surface area contributed by atoms with E-state index < -0.39 is 0 Å². The minimum atomic E-state index is -0.210. The van der Waals surface area contributed by atoms with Crippen LogP contribution in [0, 0.1) is 11.7 Å². The third kappa shape index (κ3) is 4.04. The summed E-state index contributed by atoms with van der Waals surface area (Å²) < 4.78 is 13.1. The van der Waals surface area contributed by atoms with Crippen molar-refractivity contribution in [2.24, 2.45) is 11.7 Å². The Hall–Kier alpha value is -1.13. The van der Waals surface area contributed by atoms with Crippen LogP contribution in [-0.2, 0) is 10.2 Å². The van der Waals surface area contributed by atoms with Gasteiger partial charge in [-0.3, -0.25) is 4.79 Å². The highest BCUT2D eigenvalue weighted by atomic mass is 35.5. The first-order valence-corrected chi connectivity index (χ1v) is 8.38. The maximum atomic E-state index is 13.1. The molecular formula is C18H26ClFN2O. The molecule has 2 aliphatic rings. The Morgan fingerprint density at radius 3 is 2.48 bits per heavy atom. The van der Waals surface area contributed by atoms with Crippen LogP contribution in [-0.4, -0.2) is 18.5 Å². The van der Waals surface area contributed by atoms with Crippen LogP contribution in [0.2, 0.25) is 0 Å². The van der Waals surface area contributed by atoms with E-state index in [-0.39, 0.29) is 41.5 Å². The number of nitrogens with one attached hydrogen (secondary N) is 1. The van der Waals surface area contributed by atoms with Crippen molar-refractivity contribution in [3.05, 3.63) is 35.6 Å². The molecule has 3 N–H and O–H groups in total. The van der Waals surface area contributed by atoms with Gasteiger partial charge in [0.05, 0.1) is 0 Å². The monoisotopic (exact) mass is 340 g/mol. The number of hydrogen-bond donors (Lipinski definition) is 2. The van der Waals surface area contributed by atoms with Crippen molar-refractivity contribution in [3.8, 4) is 0 Å². The van der Waals surface area contributed by atoms with Gasteiger partial charge in [0.15, 0.2) is 0 Å². The van der Waals surface area contributed by atoms with Crippen LogP contribution in [0.4, 0.5) is 4.39 Å². The lowest BCUT2D eigenvalue weighted by Crippen LogP contribution is -2.47. The summed E-state index contributed by atoms with van der Waals surface area (Å²) in [4.78, 5) is 12.4. The van der Waals surface area contributed by atoms with Gasteiger partial charge in [-0.1, -0.05) is 25.0 Å². The van der Waals surface area contributed by atoms with E-state index in [4.69, 9.17) is 5.73 Å². The number of hydrogen-bond acceptors (Lipinski definition) is 2. The average Bonchev–Trinajstić information content (AvgIpc) is 2.47. The summed E-state index contributed by atoms with van der Waals surface area (Å²) >= 11 is 0. The molecule has 0 aromatic heterocycles. The molecule has 2 atom stereocenters. The molecule has 3 nitrogen and oxygen atoms in total. The van der Waals surface area contributed by atoms with E-state index in [1.54, 1.807) is 0 Å². The molecule has 2 unspecified atom stereocenters. The Labute approximate surface area is 143 Å². The van der Waals surface area contributed by atoms with Crippen LogP contribution in [0.1, 0.15) is 50.5 Å². The minimum Gasteiger partial charge on any atom is -0.355 e. The second-order valence-corrected chi connectivity index (χ2v) is 6.98. The van der Waals surface area contributed by atoms with E-state index in [0.29, 0.717) is 6.54 Å². The summed E-state index contributed by atoms with van der Waals surface area (Å²) in [7, 11) is 0. The molecule has 0 heterocycles. The van der Waals surface area contributed by atoms with E-state index >= 15 is 0 Å². The summed E-state index contributed by atoms with van der Waals surface area (Å²) in [5.41, 5.74) is 7.11. The van der Waals surface area contributed by atoms with E-state index in [0.717, 1.165) is 44.1 Å². The second-order valence-electron chi connectivity index (χ2n) is 6.98. The molecule has 2 saturated carbocycles. The fourth-order valence-corrected chi connectivity index (χ4v) is 3.84. The molecule has 5 heteroatoms. The zero-order valence-electron chi connectivity index (χ0n) is 13.4. The Kier molecular flexibility index (Phi) is 6.04. The zero-order chi connectivity index (χ0) is 15.6. The van der Waals surface area contributed by atoms with Gasteiger partial charge in [-0.25, -0.2) is 4.39 Å². The van der Waals surface area contributed by atoms with Crippen molar-refractivity contribution >= 4 is 18.3 Å². The molecule has 0 spiro atoms. The summed E-state index contributed by atoms with van der Waals surface area (Å²) in [6.07, 6.45) is 7.11. The molecule has 1 amide bonds. The van der Waals surface area contributed by atoms with Gasteiger partial charge in [-0.2, -0.15) is 0 Å². The van der Waals surface area contributed by atoms with Crippen molar-refractivity contribution in [2.75, 3.05) is 6.54 Å².